The number of nitrogens with zero attached hydrogens (tertiary/aromatic N) is 3. The highest BCUT2D eigenvalue weighted by Gasteiger charge is 2.18. The Morgan fingerprint density at radius 2 is 0.860 bits per heavy atom. The lowest BCUT2D eigenvalue weighted by molar-refractivity contribution is 1.07. The van der Waals surface area contributed by atoms with Gasteiger partial charge in [0.15, 0.2) is 17.5 Å². The van der Waals surface area contributed by atoms with E-state index >= 15 is 0 Å². The van der Waals surface area contributed by atoms with Crippen LogP contribution in [0.15, 0.2) is 152 Å². The van der Waals surface area contributed by atoms with Gasteiger partial charge < -0.3 is 0 Å². The van der Waals surface area contributed by atoms with Crippen molar-refractivity contribution in [2.75, 3.05) is 0 Å². The van der Waals surface area contributed by atoms with Crippen LogP contribution in [0.1, 0.15) is 0 Å². The van der Waals surface area contributed by atoms with Crippen molar-refractivity contribution < 1.29 is 0 Å². The maximum absolute atomic E-state index is 5.04. The number of aromatic nitrogens is 3. The quantitative estimate of drug-likeness (QED) is 0.208. The third-order valence-electron chi connectivity index (χ3n) is 7.72. The normalized spacial score (nSPS) is 11.3. The van der Waals surface area contributed by atoms with E-state index in [4.69, 9.17) is 15.0 Å². The minimum atomic E-state index is 0.660. The van der Waals surface area contributed by atoms with E-state index in [9.17, 15) is 0 Å². The van der Waals surface area contributed by atoms with Gasteiger partial charge in [0.05, 0.1) is 0 Å². The number of thiophene rings is 1. The van der Waals surface area contributed by atoms with Gasteiger partial charge in [-0.25, -0.2) is 15.0 Å². The summed E-state index contributed by atoms with van der Waals surface area (Å²) in [6.07, 6.45) is 0. The van der Waals surface area contributed by atoms with Crippen LogP contribution >= 0.6 is 11.3 Å². The van der Waals surface area contributed by atoms with Crippen LogP contribution in [-0.2, 0) is 0 Å². The van der Waals surface area contributed by atoms with Gasteiger partial charge in [0, 0.05) is 36.9 Å². The van der Waals surface area contributed by atoms with Gasteiger partial charge >= 0.3 is 0 Å². The SMILES string of the molecule is c1ccc(-c2cccc(-c3cc(-c4nc(-c5ccccc5)nc(-c5ccccc5)n4)cc4sc5ccccc5c34)c2)cc1. The first-order valence-electron chi connectivity index (χ1n) is 14.3. The van der Waals surface area contributed by atoms with E-state index in [0.29, 0.717) is 17.5 Å². The average molecular weight is 568 g/mol. The number of hydrogen-bond acceptors (Lipinski definition) is 4. The third kappa shape index (κ3) is 4.78. The Kier molecular flexibility index (Phi) is 6.32. The van der Waals surface area contributed by atoms with Gasteiger partial charge in [-0.05, 0) is 46.5 Å². The lowest BCUT2D eigenvalue weighted by atomic mass is 9.94. The summed E-state index contributed by atoms with van der Waals surface area (Å²) in [7, 11) is 0. The van der Waals surface area contributed by atoms with Gasteiger partial charge in [0.25, 0.3) is 0 Å². The molecule has 0 saturated heterocycles. The maximum atomic E-state index is 5.04. The molecule has 0 N–H and O–H groups in total. The molecule has 3 nitrogen and oxygen atoms in total. The van der Waals surface area contributed by atoms with Gasteiger partial charge in [-0.15, -0.1) is 11.3 Å². The molecule has 0 radical (unpaired) electrons. The van der Waals surface area contributed by atoms with Gasteiger partial charge in [-0.1, -0.05) is 127 Å². The molecule has 8 rings (SSSR count). The van der Waals surface area contributed by atoms with Crippen molar-refractivity contribution in [1.29, 1.82) is 0 Å². The second kappa shape index (κ2) is 10.8. The molecule has 0 amide bonds. The fourth-order valence-electron chi connectivity index (χ4n) is 5.65. The molecule has 6 aromatic carbocycles. The van der Waals surface area contributed by atoms with E-state index in [0.717, 1.165) is 22.3 Å². The first kappa shape index (κ1) is 25.3. The molecular weight excluding hydrogens is 543 g/mol. The van der Waals surface area contributed by atoms with Crippen LogP contribution < -0.4 is 0 Å². The first-order valence-corrected chi connectivity index (χ1v) is 15.1. The summed E-state index contributed by atoms with van der Waals surface area (Å²) in [5.74, 6) is 1.98. The van der Waals surface area contributed by atoms with Gasteiger partial charge in [-0.3, -0.25) is 0 Å². The minimum absolute atomic E-state index is 0.660. The van der Waals surface area contributed by atoms with E-state index in [2.05, 4.69) is 91.0 Å². The lowest BCUT2D eigenvalue weighted by Gasteiger charge is -2.12. The summed E-state index contributed by atoms with van der Waals surface area (Å²) in [6.45, 7) is 0. The van der Waals surface area contributed by atoms with Gasteiger partial charge in [0.1, 0.15) is 0 Å². The molecule has 2 heterocycles. The Labute approximate surface area is 253 Å². The van der Waals surface area contributed by atoms with Crippen molar-refractivity contribution >= 4 is 31.5 Å². The Hall–Kier alpha value is -5.45. The zero-order valence-electron chi connectivity index (χ0n) is 23.2. The zero-order chi connectivity index (χ0) is 28.6. The topological polar surface area (TPSA) is 38.7 Å². The molecule has 0 bridgehead atoms. The summed E-state index contributed by atoms with van der Waals surface area (Å²) >= 11 is 1.81. The number of rotatable bonds is 5. The number of benzene rings is 6. The first-order chi connectivity index (χ1) is 21.3. The van der Waals surface area contributed by atoms with Crippen LogP contribution in [0.3, 0.4) is 0 Å². The summed E-state index contributed by atoms with van der Waals surface area (Å²) < 4.78 is 2.47. The summed E-state index contributed by atoms with van der Waals surface area (Å²) in [5.41, 5.74) is 7.61. The van der Waals surface area contributed by atoms with Crippen LogP contribution in [0, 0.1) is 0 Å². The molecule has 2 aromatic heterocycles. The van der Waals surface area contributed by atoms with Crippen molar-refractivity contribution in [3.05, 3.63) is 152 Å². The van der Waals surface area contributed by atoms with Gasteiger partial charge in [-0.2, -0.15) is 0 Å². The van der Waals surface area contributed by atoms with E-state index < -0.39 is 0 Å². The molecule has 8 aromatic rings. The molecule has 0 aliphatic rings. The van der Waals surface area contributed by atoms with Crippen LogP contribution in [-0.4, -0.2) is 15.0 Å². The molecular formula is C39H25N3S. The highest BCUT2D eigenvalue weighted by Crippen LogP contribution is 2.43. The molecule has 0 saturated carbocycles. The lowest BCUT2D eigenvalue weighted by Crippen LogP contribution is -2.00. The zero-order valence-corrected chi connectivity index (χ0v) is 24.0. The average Bonchev–Trinajstić information content (AvgIpc) is 3.47. The van der Waals surface area contributed by atoms with Crippen LogP contribution in [0.4, 0.5) is 0 Å². The van der Waals surface area contributed by atoms with Crippen molar-refractivity contribution in [2.45, 2.75) is 0 Å². The highest BCUT2D eigenvalue weighted by molar-refractivity contribution is 7.26. The van der Waals surface area contributed by atoms with E-state index in [-0.39, 0.29) is 0 Å². The highest BCUT2D eigenvalue weighted by atomic mass is 32.1. The van der Waals surface area contributed by atoms with E-state index in [1.165, 1.54) is 36.9 Å². The molecule has 0 aliphatic heterocycles. The predicted molar refractivity (Wildman–Crippen MR) is 180 cm³/mol. The largest absolute Gasteiger partial charge is 0.208 e. The predicted octanol–water partition coefficient (Wildman–Crippen LogP) is 10.6. The Balaban J connectivity index is 1.39. The molecule has 0 atom stereocenters. The van der Waals surface area contributed by atoms with Gasteiger partial charge in [0.2, 0.25) is 0 Å². The standard InChI is InChI=1S/C39H25N3S/c1-4-13-26(14-5-1)29-19-12-20-30(23-29)33-24-31(25-35-36(33)32-21-10-11-22-34(32)43-35)39-41-37(27-15-6-2-7-16-27)40-38(42-39)28-17-8-3-9-18-28/h1-25H. The van der Waals surface area contributed by atoms with Crippen LogP contribution in [0.2, 0.25) is 0 Å². The molecule has 0 aliphatic carbocycles. The number of fused-ring (bicyclic) bond motifs is 3. The van der Waals surface area contributed by atoms with Crippen molar-refractivity contribution in [3.8, 4) is 56.4 Å². The Bertz CT molecular complexity index is 2170. The third-order valence-corrected chi connectivity index (χ3v) is 8.83. The monoisotopic (exact) mass is 567 g/mol. The van der Waals surface area contributed by atoms with Crippen molar-refractivity contribution in [3.63, 3.8) is 0 Å². The van der Waals surface area contributed by atoms with Crippen molar-refractivity contribution in [2.24, 2.45) is 0 Å². The summed E-state index contributed by atoms with van der Waals surface area (Å²) in [4.78, 5) is 15.0. The maximum Gasteiger partial charge on any atom is 0.164 e. The smallest absolute Gasteiger partial charge is 0.164 e. The Morgan fingerprint density at radius 3 is 1.51 bits per heavy atom. The second-order valence-electron chi connectivity index (χ2n) is 10.5. The van der Waals surface area contributed by atoms with E-state index in [1.54, 1.807) is 0 Å². The minimum Gasteiger partial charge on any atom is -0.208 e. The van der Waals surface area contributed by atoms with Crippen molar-refractivity contribution in [1.82, 2.24) is 15.0 Å². The molecule has 4 heteroatoms. The molecule has 0 spiro atoms. The fourth-order valence-corrected chi connectivity index (χ4v) is 6.82. The molecule has 0 unspecified atom stereocenters. The summed E-state index contributed by atoms with van der Waals surface area (Å²) in [6, 6.07) is 52.8. The Morgan fingerprint density at radius 1 is 0.349 bits per heavy atom. The van der Waals surface area contributed by atoms with E-state index in [1.807, 2.05) is 72.0 Å². The second-order valence-corrected chi connectivity index (χ2v) is 11.6. The summed E-state index contributed by atoms with van der Waals surface area (Å²) in [5, 5.41) is 2.52. The van der Waals surface area contributed by atoms with Crippen LogP contribution in [0.5, 0.6) is 0 Å². The molecule has 43 heavy (non-hydrogen) atoms. The fraction of sp³-hybridized carbons (Fsp3) is 0. The molecule has 202 valence electrons. The molecule has 0 fully saturated rings. The van der Waals surface area contributed by atoms with Crippen LogP contribution in [0.25, 0.3) is 76.6 Å². The number of hydrogen-bond donors (Lipinski definition) is 0.